The minimum absolute atomic E-state index is 0.0367. The normalized spacial score (nSPS) is 10.7. The molecule has 2 aromatic rings. The summed E-state index contributed by atoms with van der Waals surface area (Å²) in [6, 6.07) is 14.1. The first kappa shape index (κ1) is 19.7. The molecule has 0 aliphatic heterocycles. The summed E-state index contributed by atoms with van der Waals surface area (Å²) in [6.45, 7) is 6.82. The van der Waals surface area contributed by atoms with Crippen LogP contribution in [0.25, 0.3) is 0 Å². The van der Waals surface area contributed by atoms with Gasteiger partial charge in [0.25, 0.3) is 0 Å². The first-order valence-electron chi connectivity index (χ1n) is 8.72. The number of rotatable bonds is 7. The molecule has 0 bridgehead atoms. The number of hydrogen-bond donors (Lipinski definition) is 2. The van der Waals surface area contributed by atoms with Gasteiger partial charge in [-0.2, -0.15) is 0 Å². The second-order valence-corrected chi connectivity index (χ2v) is 6.75. The maximum atomic E-state index is 12.1. The molecule has 0 unspecified atom stereocenters. The van der Waals surface area contributed by atoms with E-state index in [1.807, 2.05) is 50.9 Å². The maximum Gasteiger partial charge on any atom is 0.243 e. The second-order valence-electron chi connectivity index (χ2n) is 6.75. The third-order valence-corrected chi connectivity index (χ3v) is 4.18. The molecule has 26 heavy (non-hydrogen) atoms. The van der Waals surface area contributed by atoms with Crippen molar-refractivity contribution in [3.63, 3.8) is 0 Å². The van der Waals surface area contributed by atoms with Crippen LogP contribution >= 0.6 is 0 Å². The molecule has 2 aromatic carbocycles. The van der Waals surface area contributed by atoms with E-state index >= 15 is 0 Å². The fourth-order valence-corrected chi connectivity index (χ4v) is 2.74. The van der Waals surface area contributed by atoms with Crippen molar-refractivity contribution in [1.82, 2.24) is 10.2 Å². The molecular formula is C21H27N3O2. The third-order valence-electron chi connectivity index (χ3n) is 4.18. The Kier molecular flexibility index (Phi) is 6.92. The number of amides is 2. The number of carbonyl (C=O) groups excluding carboxylic acids is 2. The van der Waals surface area contributed by atoms with Gasteiger partial charge < -0.3 is 10.6 Å². The number of nitrogens with one attached hydrogen (secondary N) is 2. The Balaban J connectivity index is 1.77. The zero-order chi connectivity index (χ0) is 19.1. The zero-order valence-electron chi connectivity index (χ0n) is 15.9. The number of nitrogens with zero attached hydrogens (tertiary/aromatic N) is 1. The van der Waals surface area contributed by atoms with Crippen LogP contribution in [0.3, 0.4) is 0 Å². The van der Waals surface area contributed by atoms with E-state index in [-0.39, 0.29) is 24.9 Å². The monoisotopic (exact) mass is 353 g/mol. The number of anilines is 1. The van der Waals surface area contributed by atoms with Crippen LogP contribution in [0, 0.1) is 20.8 Å². The van der Waals surface area contributed by atoms with E-state index < -0.39 is 0 Å². The molecule has 0 atom stereocenters. The Bertz CT molecular complexity index is 749. The lowest BCUT2D eigenvalue weighted by molar-refractivity contribution is -0.124. The van der Waals surface area contributed by atoms with Crippen LogP contribution in [0.15, 0.2) is 42.5 Å². The van der Waals surface area contributed by atoms with Crippen molar-refractivity contribution in [3.8, 4) is 0 Å². The lowest BCUT2D eigenvalue weighted by Gasteiger charge is -2.17. The number of carbonyl (C=O) groups is 2. The molecular weight excluding hydrogens is 326 g/mol. The topological polar surface area (TPSA) is 61.4 Å². The molecule has 0 fully saturated rings. The summed E-state index contributed by atoms with van der Waals surface area (Å²) < 4.78 is 0. The predicted octanol–water partition coefficient (Wildman–Crippen LogP) is 2.80. The van der Waals surface area contributed by atoms with Crippen LogP contribution in [-0.2, 0) is 16.1 Å². The van der Waals surface area contributed by atoms with E-state index in [2.05, 4.69) is 34.9 Å². The lowest BCUT2D eigenvalue weighted by atomic mass is 10.1. The smallest absolute Gasteiger partial charge is 0.243 e. The Morgan fingerprint density at radius 3 is 2.15 bits per heavy atom. The largest absolute Gasteiger partial charge is 0.346 e. The first-order valence-corrected chi connectivity index (χ1v) is 8.72. The molecule has 2 rings (SSSR count). The summed E-state index contributed by atoms with van der Waals surface area (Å²) in [4.78, 5) is 26.1. The molecule has 0 radical (unpaired) electrons. The van der Waals surface area contributed by atoms with Gasteiger partial charge in [-0.05, 0) is 44.5 Å². The van der Waals surface area contributed by atoms with Gasteiger partial charge in [0.15, 0.2) is 0 Å². The van der Waals surface area contributed by atoms with Crippen molar-refractivity contribution in [2.24, 2.45) is 0 Å². The zero-order valence-corrected chi connectivity index (χ0v) is 15.9. The average molecular weight is 353 g/mol. The van der Waals surface area contributed by atoms with Crippen molar-refractivity contribution in [1.29, 1.82) is 0 Å². The molecule has 2 N–H and O–H groups in total. The fraction of sp³-hybridized carbons (Fsp3) is 0.333. The van der Waals surface area contributed by atoms with Crippen LogP contribution in [0.5, 0.6) is 0 Å². The maximum absolute atomic E-state index is 12.1. The van der Waals surface area contributed by atoms with Gasteiger partial charge in [-0.1, -0.05) is 48.0 Å². The number of hydrogen-bond acceptors (Lipinski definition) is 3. The third kappa shape index (κ3) is 6.01. The molecule has 5 heteroatoms. The van der Waals surface area contributed by atoms with E-state index in [1.54, 1.807) is 0 Å². The van der Waals surface area contributed by atoms with Crippen LogP contribution in [-0.4, -0.2) is 36.9 Å². The highest BCUT2D eigenvalue weighted by Gasteiger charge is 2.11. The second kappa shape index (κ2) is 9.15. The quantitative estimate of drug-likeness (QED) is 0.805. The van der Waals surface area contributed by atoms with Crippen LogP contribution in [0.2, 0.25) is 0 Å². The van der Waals surface area contributed by atoms with E-state index in [9.17, 15) is 9.59 Å². The predicted molar refractivity (Wildman–Crippen MR) is 105 cm³/mol. The van der Waals surface area contributed by atoms with Gasteiger partial charge >= 0.3 is 0 Å². The molecule has 0 aliphatic carbocycles. The van der Waals surface area contributed by atoms with Crippen LogP contribution in [0.1, 0.15) is 22.3 Å². The van der Waals surface area contributed by atoms with Gasteiger partial charge in [0.05, 0.1) is 13.1 Å². The molecule has 0 aliphatic rings. The van der Waals surface area contributed by atoms with E-state index in [0.29, 0.717) is 6.54 Å². The number of likely N-dealkylation sites (N-methyl/N-ethyl adjacent to an activating group) is 1. The van der Waals surface area contributed by atoms with Gasteiger partial charge in [-0.25, -0.2) is 0 Å². The Labute approximate surface area is 155 Å². The molecule has 0 heterocycles. The number of para-hydroxylation sites is 1. The highest BCUT2D eigenvalue weighted by atomic mass is 16.2. The minimum atomic E-state index is -0.225. The molecule has 2 amide bonds. The Morgan fingerprint density at radius 1 is 0.923 bits per heavy atom. The molecule has 5 nitrogen and oxygen atoms in total. The fourth-order valence-electron chi connectivity index (χ4n) is 2.74. The van der Waals surface area contributed by atoms with Crippen molar-refractivity contribution in [2.75, 3.05) is 25.5 Å². The van der Waals surface area contributed by atoms with Crippen molar-refractivity contribution in [3.05, 3.63) is 64.7 Å². The number of benzene rings is 2. The van der Waals surface area contributed by atoms with Gasteiger partial charge in [-0.15, -0.1) is 0 Å². The summed E-state index contributed by atoms with van der Waals surface area (Å²) in [5, 5.41) is 5.54. The van der Waals surface area contributed by atoms with E-state index in [4.69, 9.17) is 0 Å². The summed E-state index contributed by atoms with van der Waals surface area (Å²) in [5.41, 5.74) is 5.18. The van der Waals surface area contributed by atoms with Crippen LogP contribution in [0.4, 0.5) is 5.69 Å². The van der Waals surface area contributed by atoms with Crippen molar-refractivity contribution < 1.29 is 9.59 Å². The van der Waals surface area contributed by atoms with Crippen molar-refractivity contribution in [2.45, 2.75) is 27.3 Å². The van der Waals surface area contributed by atoms with Crippen LogP contribution < -0.4 is 10.6 Å². The molecule has 138 valence electrons. The Hall–Kier alpha value is -2.66. The SMILES string of the molecule is Cc1ccc(CN(C)CC(=O)NCC(=O)Nc2c(C)cccc2C)cc1. The highest BCUT2D eigenvalue weighted by Crippen LogP contribution is 2.18. The van der Waals surface area contributed by atoms with Gasteiger partial charge in [0, 0.05) is 12.2 Å². The summed E-state index contributed by atoms with van der Waals surface area (Å²) in [6.07, 6.45) is 0. The van der Waals surface area contributed by atoms with E-state index in [1.165, 1.54) is 5.56 Å². The first-order chi connectivity index (χ1) is 12.3. The summed E-state index contributed by atoms with van der Waals surface area (Å²) >= 11 is 0. The molecule has 0 aromatic heterocycles. The molecule has 0 saturated heterocycles. The van der Waals surface area contributed by atoms with Gasteiger partial charge in [0.2, 0.25) is 11.8 Å². The summed E-state index contributed by atoms with van der Waals surface area (Å²) in [5.74, 6) is -0.395. The van der Waals surface area contributed by atoms with Crippen molar-refractivity contribution >= 4 is 17.5 Å². The standard InChI is InChI=1S/C21H27N3O2/c1-15-8-10-18(11-9-15)13-24(4)14-20(26)22-12-19(25)23-21-16(2)6-5-7-17(21)3/h5-11H,12-14H2,1-4H3,(H,22,26)(H,23,25). The molecule has 0 spiro atoms. The summed E-state index contributed by atoms with van der Waals surface area (Å²) in [7, 11) is 1.89. The average Bonchev–Trinajstić information content (AvgIpc) is 2.58. The lowest BCUT2D eigenvalue weighted by Crippen LogP contribution is -2.39. The minimum Gasteiger partial charge on any atom is -0.346 e. The highest BCUT2D eigenvalue weighted by molar-refractivity contribution is 5.95. The van der Waals surface area contributed by atoms with Gasteiger partial charge in [0.1, 0.15) is 0 Å². The molecule has 0 saturated carbocycles. The van der Waals surface area contributed by atoms with E-state index in [0.717, 1.165) is 22.4 Å². The van der Waals surface area contributed by atoms with Gasteiger partial charge in [-0.3, -0.25) is 14.5 Å². The Morgan fingerprint density at radius 2 is 1.54 bits per heavy atom. The number of aryl methyl sites for hydroxylation is 3.